The van der Waals surface area contributed by atoms with Gasteiger partial charge in [0.25, 0.3) is 0 Å². The van der Waals surface area contributed by atoms with Gasteiger partial charge in [-0.05, 0) is 24.3 Å². The van der Waals surface area contributed by atoms with E-state index in [2.05, 4.69) is 21.2 Å². The molecule has 18 heavy (non-hydrogen) atoms. The molecule has 1 N–H and O–H groups in total. The van der Waals surface area contributed by atoms with Gasteiger partial charge < -0.3 is 5.32 Å². The third kappa shape index (κ3) is 5.30. The third-order valence-corrected chi connectivity index (χ3v) is 4.30. The smallest absolute Gasteiger partial charge is 0.326 e. The van der Waals surface area contributed by atoms with Gasteiger partial charge in [0.05, 0.1) is 0 Å². The summed E-state index contributed by atoms with van der Waals surface area (Å²) in [5, 5.41) is 2.58. The fourth-order valence-corrected chi connectivity index (χ4v) is 2.35. The molecule has 0 heterocycles. The first-order chi connectivity index (χ1) is 8.29. The molecule has 0 aliphatic rings. The van der Waals surface area contributed by atoms with Crippen LogP contribution < -0.4 is 5.32 Å². The number of thioether (sulfide) groups is 1. The first kappa shape index (κ1) is 15.4. The van der Waals surface area contributed by atoms with Crippen molar-refractivity contribution >= 4 is 39.3 Å². The molecule has 2 nitrogen and oxygen atoms in total. The molecule has 0 aromatic heterocycles. The summed E-state index contributed by atoms with van der Waals surface area (Å²) in [5.41, 5.74) is 0.623. The van der Waals surface area contributed by atoms with Gasteiger partial charge in [0.1, 0.15) is 4.83 Å². The minimum absolute atomic E-state index is 0.0943. The zero-order valence-corrected chi connectivity index (χ0v) is 11.8. The lowest BCUT2D eigenvalue weighted by Gasteiger charge is -2.13. The predicted molar refractivity (Wildman–Crippen MR) is 70.2 cm³/mol. The average Bonchev–Trinajstić information content (AvgIpc) is 2.25. The Morgan fingerprint density at radius 3 is 2.39 bits per heavy atom. The Kier molecular flexibility index (Phi) is 5.52. The van der Waals surface area contributed by atoms with Gasteiger partial charge in [0.15, 0.2) is 0 Å². The quantitative estimate of drug-likeness (QED) is 0.660. The topological polar surface area (TPSA) is 29.1 Å². The molecule has 0 saturated heterocycles. The van der Waals surface area contributed by atoms with Crippen molar-refractivity contribution in [2.75, 3.05) is 11.1 Å². The number of halogens is 4. The zero-order chi connectivity index (χ0) is 13.8. The summed E-state index contributed by atoms with van der Waals surface area (Å²) < 4.78 is 36.8. The van der Waals surface area contributed by atoms with Crippen LogP contribution >= 0.6 is 27.7 Å². The summed E-state index contributed by atoms with van der Waals surface area (Å²) in [7, 11) is 0. The van der Waals surface area contributed by atoms with E-state index < -0.39 is 11.0 Å². The van der Waals surface area contributed by atoms with E-state index in [4.69, 9.17) is 0 Å². The van der Waals surface area contributed by atoms with Crippen molar-refractivity contribution in [2.24, 2.45) is 0 Å². The molecule has 1 unspecified atom stereocenters. The summed E-state index contributed by atoms with van der Waals surface area (Å²) in [6.07, 6.45) is -4.23. The standard InChI is InChI=1S/C11H11BrF3NOS/c1-7(17)16-8-2-4-9(5-3-8)18-6-10(12)11(13,14)15/h2-5,10H,6H2,1H3,(H,16,17). The number of carbonyl (C=O) groups is 1. The average molecular weight is 342 g/mol. The van der Waals surface area contributed by atoms with Gasteiger partial charge >= 0.3 is 6.18 Å². The normalized spacial score (nSPS) is 13.2. The highest BCUT2D eigenvalue weighted by molar-refractivity contribution is 9.09. The molecule has 0 radical (unpaired) electrons. The highest BCUT2D eigenvalue weighted by Crippen LogP contribution is 2.31. The van der Waals surface area contributed by atoms with Crippen LogP contribution in [0.3, 0.4) is 0 Å². The largest absolute Gasteiger partial charge is 0.402 e. The lowest BCUT2D eigenvalue weighted by Crippen LogP contribution is -2.24. The van der Waals surface area contributed by atoms with Crippen molar-refractivity contribution in [3.63, 3.8) is 0 Å². The van der Waals surface area contributed by atoms with E-state index in [1.165, 1.54) is 6.92 Å². The maximum Gasteiger partial charge on any atom is 0.402 e. The third-order valence-electron chi connectivity index (χ3n) is 1.93. The lowest BCUT2D eigenvalue weighted by atomic mass is 10.3. The van der Waals surface area contributed by atoms with Gasteiger partial charge in [-0.15, -0.1) is 11.8 Å². The molecule has 1 rings (SSSR count). The monoisotopic (exact) mass is 341 g/mol. The lowest BCUT2D eigenvalue weighted by molar-refractivity contribution is -0.122. The van der Waals surface area contributed by atoms with Crippen molar-refractivity contribution in [1.82, 2.24) is 0 Å². The SMILES string of the molecule is CC(=O)Nc1ccc(SCC(Br)C(F)(F)F)cc1. The Hall–Kier alpha value is -0.690. The molecule has 1 atom stereocenters. The molecular formula is C11H11BrF3NOS. The van der Waals surface area contributed by atoms with Crippen LogP contribution in [0, 0.1) is 0 Å². The summed E-state index contributed by atoms with van der Waals surface area (Å²) >= 11 is 3.70. The number of carbonyl (C=O) groups excluding carboxylic acids is 1. The van der Waals surface area contributed by atoms with Crippen molar-refractivity contribution in [1.29, 1.82) is 0 Å². The van der Waals surface area contributed by atoms with Gasteiger partial charge in [0.2, 0.25) is 5.91 Å². The van der Waals surface area contributed by atoms with E-state index in [0.717, 1.165) is 16.7 Å². The number of alkyl halides is 4. The van der Waals surface area contributed by atoms with Crippen LogP contribution in [0.15, 0.2) is 29.2 Å². The maximum absolute atomic E-state index is 12.3. The molecule has 1 aromatic carbocycles. The number of anilines is 1. The molecule has 0 spiro atoms. The Morgan fingerprint density at radius 2 is 1.94 bits per heavy atom. The first-order valence-corrected chi connectivity index (χ1v) is 6.90. The number of amides is 1. The Bertz CT molecular complexity index is 408. The van der Waals surface area contributed by atoms with Gasteiger partial charge in [0, 0.05) is 23.3 Å². The van der Waals surface area contributed by atoms with Crippen molar-refractivity contribution in [3.05, 3.63) is 24.3 Å². The molecule has 1 amide bonds. The van der Waals surface area contributed by atoms with Crippen LogP contribution in [-0.2, 0) is 4.79 Å². The zero-order valence-electron chi connectivity index (χ0n) is 9.42. The second kappa shape index (κ2) is 6.47. The van der Waals surface area contributed by atoms with Crippen LogP contribution in [0.5, 0.6) is 0 Å². The van der Waals surface area contributed by atoms with E-state index >= 15 is 0 Å². The molecular weight excluding hydrogens is 331 g/mol. The molecule has 0 bridgehead atoms. The van der Waals surface area contributed by atoms with Crippen molar-refractivity contribution in [3.8, 4) is 0 Å². The molecule has 1 aromatic rings. The van der Waals surface area contributed by atoms with E-state index in [0.29, 0.717) is 5.69 Å². The Morgan fingerprint density at radius 1 is 1.39 bits per heavy atom. The van der Waals surface area contributed by atoms with Gasteiger partial charge in [-0.2, -0.15) is 13.2 Å². The van der Waals surface area contributed by atoms with Crippen LogP contribution in [-0.4, -0.2) is 22.7 Å². The molecule has 0 aliphatic carbocycles. The van der Waals surface area contributed by atoms with Gasteiger partial charge in [-0.25, -0.2) is 0 Å². The summed E-state index contributed by atoms with van der Waals surface area (Å²) in [6.45, 7) is 1.39. The van der Waals surface area contributed by atoms with Crippen LogP contribution in [0.4, 0.5) is 18.9 Å². The minimum atomic E-state index is -4.23. The van der Waals surface area contributed by atoms with Crippen LogP contribution in [0.1, 0.15) is 6.92 Å². The molecule has 7 heteroatoms. The summed E-state index contributed by atoms with van der Waals surface area (Å²) in [5.74, 6) is -0.281. The maximum atomic E-state index is 12.3. The fraction of sp³-hybridized carbons (Fsp3) is 0.364. The van der Waals surface area contributed by atoms with Crippen molar-refractivity contribution < 1.29 is 18.0 Å². The van der Waals surface area contributed by atoms with Gasteiger partial charge in [-0.3, -0.25) is 4.79 Å². The number of hydrogen-bond acceptors (Lipinski definition) is 2. The van der Waals surface area contributed by atoms with Crippen LogP contribution in [0.25, 0.3) is 0 Å². The second-order valence-corrected chi connectivity index (χ2v) is 5.72. The Labute approximate surface area is 115 Å². The molecule has 0 fully saturated rings. The molecule has 0 aliphatic heterocycles. The number of benzene rings is 1. The van der Waals surface area contributed by atoms with Gasteiger partial charge in [-0.1, -0.05) is 15.9 Å². The molecule has 0 saturated carbocycles. The summed E-state index contributed by atoms with van der Waals surface area (Å²) in [4.78, 5) is 9.97. The number of rotatable bonds is 4. The first-order valence-electron chi connectivity index (χ1n) is 5.00. The van der Waals surface area contributed by atoms with E-state index in [1.807, 2.05) is 0 Å². The number of nitrogens with one attached hydrogen (secondary N) is 1. The Balaban J connectivity index is 2.51. The van der Waals surface area contributed by atoms with E-state index in [1.54, 1.807) is 24.3 Å². The molecule has 100 valence electrons. The highest BCUT2D eigenvalue weighted by Gasteiger charge is 2.37. The highest BCUT2D eigenvalue weighted by atomic mass is 79.9. The van der Waals surface area contributed by atoms with E-state index in [-0.39, 0.29) is 11.7 Å². The summed E-state index contributed by atoms with van der Waals surface area (Å²) in [6, 6.07) is 6.65. The fourth-order valence-electron chi connectivity index (χ4n) is 1.10. The van der Waals surface area contributed by atoms with Crippen molar-refractivity contribution in [2.45, 2.75) is 22.8 Å². The van der Waals surface area contributed by atoms with Crippen LogP contribution in [0.2, 0.25) is 0 Å². The number of hydrogen-bond donors (Lipinski definition) is 1. The predicted octanol–water partition coefficient (Wildman–Crippen LogP) is 4.06. The van der Waals surface area contributed by atoms with E-state index in [9.17, 15) is 18.0 Å². The second-order valence-electron chi connectivity index (χ2n) is 3.53. The minimum Gasteiger partial charge on any atom is -0.326 e.